The maximum absolute atomic E-state index is 12.0. The van der Waals surface area contributed by atoms with Crippen LogP contribution in [0.3, 0.4) is 0 Å². The van der Waals surface area contributed by atoms with Gasteiger partial charge < -0.3 is 10.2 Å². The first-order valence-corrected chi connectivity index (χ1v) is 9.27. The fourth-order valence-electron chi connectivity index (χ4n) is 3.05. The molecule has 6 heteroatoms. The predicted molar refractivity (Wildman–Crippen MR) is 106 cm³/mol. The molecule has 140 valence electrons. The molecule has 27 heavy (non-hydrogen) atoms. The highest BCUT2D eigenvalue weighted by molar-refractivity contribution is 5.78. The fraction of sp³-hybridized carbons (Fsp3) is 0.429. The smallest absolute Gasteiger partial charge is 0.220 e. The Bertz CT molecular complexity index is 864. The maximum atomic E-state index is 12.0. The molecule has 0 saturated carbocycles. The van der Waals surface area contributed by atoms with E-state index in [-0.39, 0.29) is 11.6 Å². The van der Waals surface area contributed by atoms with Gasteiger partial charge in [-0.15, -0.1) is 12.3 Å². The number of amides is 1. The third-order valence-electron chi connectivity index (χ3n) is 4.72. The Morgan fingerprint density at radius 2 is 2.11 bits per heavy atom. The van der Waals surface area contributed by atoms with Gasteiger partial charge in [0.25, 0.3) is 0 Å². The van der Waals surface area contributed by atoms with Gasteiger partial charge in [-0.1, -0.05) is 18.2 Å². The molecular weight excluding hydrogens is 338 g/mol. The lowest BCUT2D eigenvalue weighted by molar-refractivity contribution is -0.121. The second-order valence-corrected chi connectivity index (χ2v) is 7.01. The van der Waals surface area contributed by atoms with Crippen LogP contribution in [0, 0.1) is 12.3 Å². The zero-order valence-corrected chi connectivity index (χ0v) is 15.7. The van der Waals surface area contributed by atoms with Gasteiger partial charge in [-0.25, -0.2) is 0 Å². The van der Waals surface area contributed by atoms with Crippen molar-refractivity contribution in [2.24, 2.45) is 10.2 Å². The molecule has 0 radical (unpaired) electrons. The van der Waals surface area contributed by atoms with Crippen molar-refractivity contribution in [3.05, 3.63) is 42.1 Å². The number of fused-ring (bicyclic) bond motifs is 1. The van der Waals surface area contributed by atoms with Gasteiger partial charge in [0, 0.05) is 56.9 Å². The zero-order chi connectivity index (χ0) is 19.1. The van der Waals surface area contributed by atoms with Crippen LogP contribution in [0.15, 0.2) is 46.8 Å². The minimum absolute atomic E-state index is 0.0353. The van der Waals surface area contributed by atoms with Crippen LogP contribution >= 0.6 is 0 Å². The molecule has 1 aromatic carbocycles. The first kappa shape index (κ1) is 19.0. The molecule has 2 heterocycles. The number of likely N-dealkylation sites (N-methyl/N-ethyl adjacent to an activating group) is 1. The molecule has 0 unspecified atom stereocenters. The standard InChI is InChI=1S/C21H25N5O/c1-3-4-10-21(24-25-21)11-9-20(27)22-12-13-26(2)16-17-14-18-7-5-6-8-19(18)23-15-17/h1,5-8,14-15H,4,9-13,16H2,2H3,(H,22,27). The number of terminal acetylenes is 1. The van der Waals surface area contributed by atoms with E-state index in [9.17, 15) is 4.79 Å². The number of hydrogen-bond acceptors (Lipinski definition) is 5. The van der Waals surface area contributed by atoms with E-state index in [1.54, 1.807) is 0 Å². The molecule has 1 N–H and O–H groups in total. The van der Waals surface area contributed by atoms with E-state index < -0.39 is 0 Å². The molecule has 0 saturated heterocycles. The SMILES string of the molecule is C#CCCC1(CCC(=O)NCCN(C)Cc2cnc3ccccc3c2)N=N1. The lowest BCUT2D eigenvalue weighted by Crippen LogP contribution is -2.33. The third-order valence-corrected chi connectivity index (χ3v) is 4.72. The molecule has 1 amide bonds. The van der Waals surface area contributed by atoms with Crippen molar-refractivity contribution in [2.75, 3.05) is 20.1 Å². The summed E-state index contributed by atoms with van der Waals surface area (Å²) in [6.45, 7) is 2.18. The summed E-state index contributed by atoms with van der Waals surface area (Å²) in [7, 11) is 2.04. The minimum atomic E-state index is -0.385. The summed E-state index contributed by atoms with van der Waals surface area (Å²) >= 11 is 0. The van der Waals surface area contributed by atoms with Crippen molar-refractivity contribution in [1.29, 1.82) is 0 Å². The number of hydrogen-bond donors (Lipinski definition) is 1. The van der Waals surface area contributed by atoms with Crippen LogP contribution in [0.5, 0.6) is 0 Å². The van der Waals surface area contributed by atoms with Crippen LogP contribution in [0.1, 0.15) is 31.2 Å². The molecule has 1 aliphatic rings. The van der Waals surface area contributed by atoms with E-state index >= 15 is 0 Å². The minimum Gasteiger partial charge on any atom is -0.355 e. The molecule has 1 aromatic heterocycles. The molecule has 6 nitrogen and oxygen atoms in total. The van der Waals surface area contributed by atoms with Gasteiger partial charge in [0.1, 0.15) is 0 Å². The van der Waals surface area contributed by atoms with Crippen LogP contribution in [0.25, 0.3) is 10.9 Å². The summed E-state index contributed by atoms with van der Waals surface area (Å²) in [5.41, 5.74) is 1.78. The topological polar surface area (TPSA) is 70.0 Å². The average Bonchev–Trinajstić information content (AvgIpc) is 3.45. The van der Waals surface area contributed by atoms with Crippen LogP contribution in [-0.4, -0.2) is 41.6 Å². The highest BCUT2D eigenvalue weighted by Crippen LogP contribution is 2.37. The third kappa shape index (κ3) is 5.60. The summed E-state index contributed by atoms with van der Waals surface area (Å²) in [6.07, 6.45) is 9.63. The van der Waals surface area contributed by atoms with E-state index in [2.05, 4.69) is 43.5 Å². The number of aromatic nitrogens is 1. The Kier molecular flexibility index (Phi) is 6.15. The highest BCUT2D eigenvalue weighted by atomic mass is 16.1. The van der Waals surface area contributed by atoms with Gasteiger partial charge in [-0.2, -0.15) is 10.2 Å². The number of carbonyl (C=O) groups excluding carboxylic acids is 1. The normalized spacial score (nSPS) is 14.3. The molecule has 3 rings (SSSR count). The Morgan fingerprint density at radius 3 is 2.89 bits per heavy atom. The van der Waals surface area contributed by atoms with E-state index in [1.165, 1.54) is 0 Å². The molecule has 0 bridgehead atoms. The van der Waals surface area contributed by atoms with Crippen molar-refractivity contribution in [3.63, 3.8) is 0 Å². The first-order chi connectivity index (χ1) is 13.1. The Morgan fingerprint density at radius 1 is 1.30 bits per heavy atom. The molecule has 0 fully saturated rings. The summed E-state index contributed by atoms with van der Waals surface area (Å²) in [5, 5.41) is 12.2. The zero-order valence-electron chi connectivity index (χ0n) is 15.7. The maximum Gasteiger partial charge on any atom is 0.220 e. The second-order valence-electron chi connectivity index (χ2n) is 7.01. The van der Waals surface area contributed by atoms with Gasteiger partial charge in [0.2, 0.25) is 5.91 Å². The second kappa shape index (κ2) is 8.74. The van der Waals surface area contributed by atoms with Crippen molar-refractivity contribution in [3.8, 4) is 12.3 Å². The Labute approximate surface area is 160 Å². The fourth-order valence-corrected chi connectivity index (χ4v) is 3.05. The number of rotatable bonds is 10. The van der Waals surface area contributed by atoms with Gasteiger partial charge in [0.15, 0.2) is 5.66 Å². The highest BCUT2D eigenvalue weighted by Gasteiger charge is 2.39. The first-order valence-electron chi connectivity index (χ1n) is 9.27. The molecular formula is C21H25N5O. The van der Waals surface area contributed by atoms with Gasteiger partial charge >= 0.3 is 0 Å². The Balaban J connectivity index is 1.35. The molecule has 0 spiro atoms. The number of nitrogens with zero attached hydrogens (tertiary/aromatic N) is 4. The van der Waals surface area contributed by atoms with Gasteiger partial charge in [-0.05, 0) is 24.7 Å². The largest absolute Gasteiger partial charge is 0.355 e. The summed E-state index contributed by atoms with van der Waals surface area (Å²) < 4.78 is 0. The summed E-state index contributed by atoms with van der Waals surface area (Å²) in [5.74, 6) is 2.63. The van der Waals surface area contributed by atoms with E-state index in [0.717, 1.165) is 36.0 Å². The molecule has 2 aromatic rings. The summed E-state index contributed by atoms with van der Waals surface area (Å²) in [6, 6.07) is 10.3. The Hall–Kier alpha value is -2.78. The predicted octanol–water partition coefficient (Wildman–Crippen LogP) is 3.14. The van der Waals surface area contributed by atoms with Crippen molar-refractivity contribution >= 4 is 16.8 Å². The van der Waals surface area contributed by atoms with Crippen molar-refractivity contribution in [2.45, 2.75) is 37.9 Å². The number of nitrogens with one attached hydrogen (secondary N) is 1. The monoisotopic (exact) mass is 363 g/mol. The quantitative estimate of drug-likeness (QED) is 0.659. The lowest BCUT2D eigenvalue weighted by Gasteiger charge is -2.17. The van der Waals surface area contributed by atoms with Crippen molar-refractivity contribution in [1.82, 2.24) is 15.2 Å². The number of benzene rings is 1. The number of pyridine rings is 1. The average molecular weight is 363 g/mol. The van der Waals surface area contributed by atoms with E-state index in [0.29, 0.717) is 25.8 Å². The lowest BCUT2D eigenvalue weighted by atomic mass is 10.0. The number of para-hydroxylation sites is 1. The molecule has 1 aliphatic heterocycles. The molecule has 0 aliphatic carbocycles. The van der Waals surface area contributed by atoms with E-state index in [4.69, 9.17) is 6.42 Å². The van der Waals surface area contributed by atoms with Crippen LogP contribution in [0.2, 0.25) is 0 Å². The van der Waals surface area contributed by atoms with Crippen LogP contribution < -0.4 is 5.32 Å². The summed E-state index contributed by atoms with van der Waals surface area (Å²) in [4.78, 5) is 18.7. The van der Waals surface area contributed by atoms with Gasteiger partial charge in [-0.3, -0.25) is 9.78 Å². The van der Waals surface area contributed by atoms with Crippen LogP contribution in [-0.2, 0) is 11.3 Å². The van der Waals surface area contributed by atoms with Gasteiger partial charge in [0.05, 0.1) is 5.52 Å². The van der Waals surface area contributed by atoms with E-state index in [1.807, 2.05) is 31.4 Å². The molecule has 0 atom stereocenters. The number of carbonyl (C=O) groups is 1. The van der Waals surface area contributed by atoms with Crippen molar-refractivity contribution < 1.29 is 4.79 Å². The van der Waals surface area contributed by atoms with Crippen LogP contribution in [0.4, 0.5) is 0 Å².